The fraction of sp³-hybridized carbons (Fsp3) is 0. The van der Waals surface area contributed by atoms with Gasteiger partial charge in [0.2, 0.25) is 0 Å². The minimum absolute atomic E-state index is 0.752. The van der Waals surface area contributed by atoms with Crippen molar-refractivity contribution < 1.29 is 0 Å². The summed E-state index contributed by atoms with van der Waals surface area (Å²) in [5.41, 5.74) is 4.84. The maximum absolute atomic E-state index is 5.16. The van der Waals surface area contributed by atoms with Crippen LogP contribution in [0, 0.1) is 0 Å². The molecule has 0 atom stereocenters. The molecular weight excluding hydrogens is 556 g/mol. The lowest BCUT2D eigenvalue weighted by Crippen LogP contribution is -1.92. The third kappa shape index (κ3) is 3.97. The lowest BCUT2D eigenvalue weighted by molar-refractivity contribution is 1.29. The average Bonchev–Trinajstić information content (AvgIpc) is 3.10. The summed E-state index contributed by atoms with van der Waals surface area (Å²) < 4.78 is 0. The number of benzene rings is 8. The Morgan fingerprint density at radius 2 is 0.630 bits per heavy atom. The van der Waals surface area contributed by atoms with Gasteiger partial charge < -0.3 is 0 Å². The van der Waals surface area contributed by atoms with Crippen LogP contribution in [0.4, 0.5) is 0 Å². The van der Waals surface area contributed by atoms with Gasteiger partial charge in [-0.3, -0.25) is 0 Å². The second kappa shape index (κ2) is 9.69. The van der Waals surface area contributed by atoms with E-state index < -0.39 is 0 Å². The Morgan fingerprint density at radius 3 is 1.07 bits per heavy atom. The quantitative estimate of drug-likeness (QED) is 0.190. The van der Waals surface area contributed by atoms with Gasteiger partial charge in [-0.2, -0.15) is 0 Å². The number of fused-ring (bicyclic) bond motifs is 7. The third-order valence-electron chi connectivity index (χ3n) is 9.51. The van der Waals surface area contributed by atoms with E-state index in [1.807, 2.05) is 0 Å². The Bertz CT molecular complexity index is 2670. The van der Waals surface area contributed by atoms with Crippen LogP contribution in [0.1, 0.15) is 0 Å². The molecule has 2 nitrogen and oxygen atoms in total. The van der Waals surface area contributed by atoms with Gasteiger partial charge in [0.1, 0.15) is 0 Å². The molecule has 0 saturated heterocycles. The van der Waals surface area contributed by atoms with E-state index in [9.17, 15) is 0 Å². The second-order valence-electron chi connectivity index (χ2n) is 12.3. The van der Waals surface area contributed by atoms with Crippen molar-refractivity contribution in [3.8, 4) is 22.5 Å². The molecule has 8 aromatic carbocycles. The molecule has 0 radical (unpaired) electrons. The molecule has 0 unspecified atom stereocenters. The van der Waals surface area contributed by atoms with Gasteiger partial charge in [0.05, 0.1) is 11.4 Å². The van der Waals surface area contributed by atoms with E-state index in [1.165, 1.54) is 64.6 Å². The molecule has 0 aliphatic rings. The molecule has 0 fully saturated rings. The Kier molecular flexibility index (Phi) is 5.31. The van der Waals surface area contributed by atoms with Crippen molar-refractivity contribution in [3.63, 3.8) is 0 Å². The molecule has 2 heteroatoms. The van der Waals surface area contributed by atoms with Gasteiger partial charge in [0.25, 0.3) is 0 Å². The van der Waals surface area contributed by atoms with Crippen LogP contribution in [-0.4, -0.2) is 9.97 Å². The predicted molar refractivity (Wildman–Crippen MR) is 195 cm³/mol. The first kappa shape index (κ1) is 25.2. The van der Waals surface area contributed by atoms with Gasteiger partial charge in [-0.15, -0.1) is 0 Å². The molecule has 0 saturated carbocycles. The van der Waals surface area contributed by atoms with Crippen LogP contribution in [0.15, 0.2) is 158 Å². The van der Waals surface area contributed by atoms with Crippen LogP contribution in [0.2, 0.25) is 0 Å². The zero-order valence-electron chi connectivity index (χ0n) is 24.9. The van der Waals surface area contributed by atoms with E-state index in [1.54, 1.807) is 0 Å². The molecule has 10 rings (SSSR count). The number of pyridine rings is 2. The third-order valence-corrected chi connectivity index (χ3v) is 9.51. The molecule has 2 heterocycles. The van der Waals surface area contributed by atoms with Crippen molar-refractivity contribution in [2.45, 2.75) is 0 Å². The summed E-state index contributed by atoms with van der Waals surface area (Å²) >= 11 is 0. The normalized spacial score (nSPS) is 11.9. The van der Waals surface area contributed by atoms with Crippen molar-refractivity contribution in [1.29, 1.82) is 0 Å². The van der Waals surface area contributed by atoms with Gasteiger partial charge in [0, 0.05) is 16.5 Å². The van der Waals surface area contributed by atoms with Crippen LogP contribution in [-0.2, 0) is 0 Å². The molecule has 0 N–H and O–H groups in total. The fourth-order valence-corrected chi connectivity index (χ4v) is 7.18. The first-order valence-corrected chi connectivity index (χ1v) is 15.7. The highest BCUT2D eigenvalue weighted by atomic mass is 14.9. The van der Waals surface area contributed by atoms with Gasteiger partial charge in [-0.05, 0) is 137 Å². The summed E-state index contributed by atoms with van der Waals surface area (Å²) in [5, 5.41) is 15.8. The van der Waals surface area contributed by atoms with E-state index in [0.29, 0.717) is 0 Å². The van der Waals surface area contributed by atoms with Crippen molar-refractivity contribution in [1.82, 2.24) is 9.97 Å². The van der Waals surface area contributed by atoms with Crippen molar-refractivity contribution >= 4 is 75.7 Å². The van der Waals surface area contributed by atoms with E-state index in [4.69, 9.17) is 9.97 Å². The molecule has 10 aromatic rings. The lowest BCUT2D eigenvalue weighted by Gasteiger charge is -2.11. The number of rotatable bonds is 2. The number of aromatic nitrogens is 2. The average molecular weight is 583 g/mol. The summed E-state index contributed by atoms with van der Waals surface area (Å²) in [6, 6.07) is 57.0. The minimum atomic E-state index is 0.752. The zero-order valence-corrected chi connectivity index (χ0v) is 24.9. The molecule has 0 aliphatic carbocycles. The first-order chi connectivity index (χ1) is 22.7. The molecule has 46 heavy (non-hydrogen) atoms. The van der Waals surface area contributed by atoms with Crippen LogP contribution < -0.4 is 0 Å². The Balaban J connectivity index is 1.12. The summed E-state index contributed by atoms with van der Waals surface area (Å²) in [4.78, 5) is 10.3. The van der Waals surface area contributed by atoms with Crippen molar-refractivity contribution in [2.75, 3.05) is 0 Å². The molecular formula is C44H26N2. The topological polar surface area (TPSA) is 25.8 Å². The number of hydrogen-bond donors (Lipinski definition) is 0. The standard InChI is InChI=1S/C44H26N2/c1-3-9-30-21-36-25-40-32(23-34(36)19-28(30)7-1)11-5-13-38(40)42-17-15-27-16-18-43(46-44(27)45-42)39-14-6-12-33-24-35-20-29-8-2-4-10-31(29)22-37(35)26-41(33)39/h1-26H. The van der Waals surface area contributed by atoms with E-state index in [-0.39, 0.29) is 0 Å². The second-order valence-corrected chi connectivity index (χ2v) is 12.3. The Hall–Kier alpha value is -6.12. The van der Waals surface area contributed by atoms with Gasteiger partial charge in [-0.1, -0.05) is 84.9 Å². The summed E-state index contributed by atoms with van der Waals surface area (Å²) in [6.07, 6.45) is 0. The highest BCUT2D eigenvalue weighted by molar-refractivity contribution is 6.10. The summed E-state index contributed by atoms with van der Waals surface area (Å²) in [7, 11) is 0. The SMILES string of the molecule is c1ccc2cc3cc4c(-c5ccc6ccc(-c7cccc8cc9cc%10ccccc%10cc9cc78)nc6n5)cccc4cc3cc2c1. The van der Waals surface area contributed by atoms with Crippen LogP contribution >= 0.6 is 0 Å². The first-order valence-electron chi connectivity index (χ1n) is 15.7. The highest BCUT2D eigenvalue weighted by Crippen LogP contribution is 2.36. The largest absolute Gasteiger partial charge is 0.228 e. The number of nitrogens with zero attached hydrogens (tertiary/aromatic N) is 2. The molecule has 212 valence electrons. The summed E-state index contributed by atoms with van der Waals surface area (Å²) in [6.45, 7) is 0. The molecule has 0 spiro atoms. The summed E-state index contributed by atoms with van der Waals surface area (Å²) in [5.74, 6) is 0. The monoisotopic (exact) mass is 582 g/mol. The van der Waals surface area contributed by atoms with Crippen molar-refractivity contribution in [3.05, 3.63) is 158 Å². The predicted octanol–water partition coefficient (Wildman–Crippen LogP) is 11.9. The Morgan fingerprint density at radius 1 is 0.261 bits per heavy atom. The minimum Gasteiger partial charge on any atom is -0.228 e. The van der Waals surface area contributed by atoms with Crippen LogP contribution in [0.5, 0.6) is 0 Å². The van der Waals surface area contributed by atoms with Gasteiger partial charge in [0.15, 0.2) is 5.65 Å². The number of hydrogen-bond acceptors (Lipinski definition) is 2. The smallest absolute Gasteiger partial charge is 0.160 e. The van der Waals surface area contributed by atoms with Gasteiger partial charge in [-0.25, -0.2) is 9.97 Å². The zero-order chi connectivity index (χ0) is 30.2. The van der Waals surface area contributed by atoms with E-state index >= 15 is 0 Å². The van der Waals surface area contributed by atoms with Gasteiger partial charge >= 0.3 is 0 Å². The maximum atomic E-state index is 5.16. The highest BCUT2D eigenvalue weighted by Gasteiger charge is 2.12. The van der Waals surface area contributed by atoms with Crippen LogP contribution in [0.25, 0.3) is 98.2 Å². The molecule has 2 aromatic heterocycles. The molecule has 0 aliphatic heterocycles. The molecule has 0 amide bonds. The van der Waals surface area contributed by atoms with E-state index in [0.717, 1.165) is 33.5 Å². The van der Waals surface area contributed by atoms with Crippen molar-refractivity contribution in [2.24, 2.45) is 0 Å². The molecule has 0 bridgehead atoms. The fourth-order valence-electron chi connectivity index (χ4n) is 7.18. The van der Waals surface area contributed by atoms with E-state index in [2.05, 4.69) is 158 Å². The Labute approximate surface area is 265 Å². The maximum Gasteiger partial charge on any atom is 0.160 e. The van der Waals surface area contributed by atoms with Crippen LogP contribution in [0.3, 0.4) is 0 Å². The lowest BCUT2D eigenvalue weighted by atomic mass is 9.95.